The van der Waals surface area contributed by atoms with Crippen LogP contribution in [0, 0.1) is 6.92 Å². The smallest absolute Gasteiger partial charge is 0.130 e. The Balaban J connectivity index is 2.17. The number of hydrogen-bond acceptors (Lipinski definition) is 4. The zero-order chi connectivity index (χ0) is 14.5. The van der Waals surface area contributed by atoms with Crippen LogP contribution in [0.2, 0.25) is 0 Å². The van der Waals surface area contributed by atoms with Crippen molar-refractivity contribution in [3.8, 4) is 11.5 Å². The van der Waals surface area contributed by atoms with E-state index in [1.165, 1.54) is 0 Å². The molecule has 1 aromatic heterocycles. The first-order chi connectivity index (χ1) is 9.67. The lowest BCUT2D eigenvalue weighted by Crippen LogP contribution is -2.07. The predicted octanol–water partition coefficient (Wildman–Crippen LogP) is 2.29. The molecule has 0 aliphatic heterocycles. The van der Waals surface area contributed by atoms with E-state index in [0.29, 0.717) is 18.1 Å². The van der Waals surface area contributed by atoms with E-state index in [4.69, 9.17) is 9.47 Å². The van der Waals surface area contributed by atoms with E-state index in [-0.39, 0.29) is 6.61 Å². The first kappa shape index (κ1) is 14.4. The van der Waals surface area contributed by atoms with E-state index in [1.807, 2.05) is 24.6 Å². The van der Waals surface area contributed by atoms with Crippen molar-refractivity contribution >= 4 is 0 Å². The van der Waals surface area contributed by atoms with E-state index in [0.717, 1.165) is 23.5 Å². The van der Waals surface area contributed by atoms with E-state index < -0.39 is 0 Å². The summed E-state index contributed by atoms with van der Waals surface area (Å²) < 4.78 is 12.9. The molecule has 108 valence electrons. The van der Waals surface area contributed by atoms with Crippen LogP contribution in [0.1, 0.15) is 23.9 Å². The zero-order valence-corrected chi connectivity index (χ0v) is 12.1. The lowest BCUT2D eigenvalue weighted by Gasteiger charge is -2.12. The standard InChI is InChI=1S/C15H20N2O3/c1-4-17-13(7-11(2)16-17)10-20-15-8-14(19-3)6-5-12(15)9-18/h5-8,18H,4,9-10H2,1-3H3. The summed E-state index contributed by atoms with van der Waals surface area (Å²) in [7, 11) is 1.60. The molecule has 20 heavy (non-hydrogen) atoms. The first-order valence-electron chi connectivity index (χ1n) is 6.61. The Morgan fingerprint density at radius 3 is 2.75 bits per heavy atom. The topological polar surface area (TPSA) is 56.5 Å². The van der Waals surface area contributed by atoms with Crippen molar-refractivity contribution in [2.75, 3.05) is 7.11 Å². The van der Waals surface area contributed by atoms with Crippen molar-refractivity contribution in [3.05, 3.63) is 41.2 Å². The molecule has 1 N–H and O–H groups in total. The quantitative estimate of drug-likeness (QED) is 0.879. The number of methoxy groups -OCH3 is 1. The maximum atomic E-state index is 9.35. The number of hydrogen-bond donors (Lipinski definition) is 1. The summed E-state index contributed by atoms with van der Waals surface area (Å²) in [5.41, 5.74) is 2.72. The van der Waals surface area contributed by atoms with Gasteiger partial charge in [-0.25, -0.2) is 0 Å². The van der Waals surface area contributed by atoms with Crippen molar-refractivity contribution in [3.63, 3.8) is 0 Å². The van der Waals surface area contributed by atoms with E-state index >= 15 is 0 Å². The molecule has 0 spiro atoms. The summed E-state index contributed by atoms with van der Waals surface area (Å²) in [4.78, 5) is 0. The molecule has 5 nitrogen and oxygen atoms in total. The third kappa shape index (κ3) is 3.11. The highest BCUT2D eigenvalue weighted by Crippen LogP contribution is 2.25. The molecule has 0 amide bonds. The van der Waals surface area contributed by atoms with Gasteiger partial charge in [0.1, 0.15) is 18.1 Å². The third-order valence-corrected chi connectivity index (χ3v) is 3.11. The molecule has 0 fully saturated rings. The van der Waals surface area contributed by atoms with E-state index in [2.05, 4.69) is 5.10 Å². The molecule has 1 aromatic carbocycles. The largest absolute Gasteiger partial charge is 0.497 e. The van der Waals surface area contributed by atoms with Gasteiger partial charge in [-0.2, -0.15) is 5.10 Å². The van der Waals surface area contributed by atoms with Crippen LogP contribution in [0.25, 0.3) is 0 Å². The molecule has 0 saturated carbocycles. The number of aliphatic hydroxyl groups is 1. The molecular weight excluding hydrogens is 256 g/mol. The highest BCUT2D eigenvalue weighted by atomic mass is 16.5. The van der Waals surface area contributed by atoms with E-state index in [1.54, 1.807) is 25.3 Å². The second-order valence-corrected chi connectivity index (χ2v) is 4.51. The average Bonchev–Trinajstić information content (AvgIpc) is 2.84. The molecule has 5 heteroatoms. The van der Waals surface area contributed by atoms with Gasteiger partial charge in [-0.15, -0.1) is 0 Å². The molecule has 2 aromatic rings. The van der Waals surface area contributed by atoms with Crippen LogP contribution >= 0.6 is 0 Å². The van der Waals surface area contributed by atoms with Crippen molar-refractivity contribution in [2.45, 2.75) is 33.6 Å². The minimum atomic E-state index is -0.0641. The summed E-state index contributed by atoms with van der Waals surface area (Å²) >= 11 is 0. The Labute approximate surface area is 118 Å². The monoisotopic (exact) mass is 276 g/mol. The summed E-state index contributed by atoms with van der Waals surface area (Å²) in [5.74, 6) is 1.34. The molecule has 0 atom stereocenters. The molecule has 2 rings (SSSR count). The number of aromatic nitrogens is 2. The maximum absolute atomic E-state index is 9.35. The zero-order valence-electron chi connectivity index (χ0n) is 12.1. The Bertz CT molecular complexity index is 578. The summed E-state index contributed by atoms with van der Waals surface area (Å²) in [6.45, 7) is 5.15. The minimum Gasteiger partial charge on any atom is -0.497 e. The SMILES string of the molecule is CCn1nc(C)cc1COc1cc(OC)ccc1CO. The Morgan fingerprint density at radius 2 is 2.10 bits per heavy atom. The number of aryl methyl sites for hydroxylation is 2. The van der Waals surface area contributed by atoms with Gasteiger partial charge in [-0.3, -0.25) is 4.68 Å². The van der Waals surface area contributed by atoms with Crippen LogP contribution in [0.15, 0.2) is 24.3 Å². The lowest BCUT2D eigenvalue weighted by atomic mass is 10.2. The summed E-state index contributed by atoms with van der Waals surface area (Å²) in [6, 6.07) is 7.39. The number of aliphatic hydroxyl groups excluding tert-OH is 1. The molecular formula is C15H20N2O3. The van der Waals surface area contributed by atoms with Gasteiger partial charge in [-0.1, -0.05) is 0 Å². The summed E-state index contributed by atoms with van der Waals surface area (Å²) in [6.07, 6.45) is 0. The minimum absolute atomic E-state index is 0.0641. The predicted molar refractivity (Wildman–Crippen MR) is 75.9 cm³/mol. The van der Waals surface area contributed by atoms with Crippen molar-refractivity contribution in [1.29, 1.82) is 0 Å². The third-order valence-electron chi connectivity index (χ3n) is 3.11. The summed E-state index contributed by atoms with van der Waals surface area (Å²) in [5, 5.41) is 13.7. The number of ether oxygens (including phenoxy) is 2. The fourth-order valence-corrected chi connectivity index (χ4v) is 2.07. The van der Waals surface area contributed by atoms with Gasteiger partial charge >= 0.3 is 0 Å². The fourth-order valence-electron chi connectivity index (χ4n) is 2.07. The number of nitrogens with zero attached hydrogens (tertiary/aromatic N) is 2. The van der Waals surface area contributed by atoms with Gasteiger partial charge in [0.05, 0.1) is 25.1 Å². The number of rotatable bonds is 6. The second kappa shape index (κ2) is 6.43. The lowest BCUT2D eigenvalue weighted by molar-refractivity contribution is 0.253. The van der Waals surface area contributed by atoms with Gasteiger partial charge in [0, 0.05) is 18.2 Å². The number of benzene rings is 1. The maximum Gasteiger partial charge on any atom is 0.130 e. The van der Waals surface area contributed by atoms with Crippen LogP contribution in [0.5, 0.6) is 11.5 Å². The van der Waals surface area contributed by atoms with Gasteiger partial charge < -0.3 is 14.6 Å². The first-order valence-corrected chi connectivity index (χ1v) is 6.61. The highest BCUT2D eigenvalue weighted by Gasteiger charge is 2.08. The van der Waals surface area contributed by atoms with E-state index in [9.17, 15) is 5.11 Å². The van der Waals surface area contributed by atoms with Crippen LogP contribution < -0.4 is 9.47 Å². The molecule has 1 heterocycles. The molecule has 0 unspecified atom stereocenters. The molecule has 0 saturated heterocycles. The van der Waals surface area contributed by atoms with Gasteiger partial charge in [-0.05, 0) is 32.0 Å². The Hall–Kier alpha value is -2.01. The van der Waals surface area contributed by atoms with Crippen LogP contribution in [0.4, 0.5) is 0 Å². The van der Waals surface area contributed by atoms with Gasteiger partial charge in [0.15, 0.2) is 0 Å². The van der Waals surface area contributed by atoms with Crippen molar-refractivity contribution in [2.24, 2.45) is 0 Å². The highest BCUT2D eigenvalue weighted by molar-refractivity contribution is 5.40. The van der Waals surface area contributed by atoms with Crippen LogP contribution in [0.3, 0.4) is 0 Å². The molecule has 0 aliphatic rings. The fraction of sp³-hybridized carbons (Fsp3) is 0.400. The van der Waals surface area contributed by atoms with Crippen LogP contribution in [-0.4, -0.2) is 22.0 Å². The normalized spacial score (nSPS) is 10.6. The second-order valence-electron chi connectivity index (χ2n) is 4.51. The molecule has 0 radical (unpaired) electrons. The van der Waals surface area contributed by atoms with Gasteiger partial charge in [0.2, 0.25) is 0 Å². The molecule has 0 bridgehead atoms. The molecule has 0 aliphatic carbocycles. The van der Waals surface area contributed by atoms with Crippen molar-refractivity contribution < 1.29 is 14.6 Å². The van der Waals surface area contributed by atoms with Gasteiger partial charge in [0.25, 0.3) is 0 Å². The van der Waals surface area contributed by atoms with Crippen LogP contribution in [-0.2, 0) is 19.8 Å². The Kier molecular flexibility index (Phi) is 4.63. The average molecular weight is 276 g/mol. The Morgan fingerprint density at radius 1 is 1.30 bits per heavy atom. The van der Waals surface area contributed by atoms with Crippen molar-refractivity contribution in [1.82, 2.24) is 9.78 Å².